The summed E-state index contributed by atoms with van der Waals surface area (Å²) in [6, 6.07) is 17.0. The van der Waals surface area contributed by atoms with E-state index in [1.807, 2.05) is 0 Å². The first-order valence-electron chi connectivity index (χ1n) is 9.75. The summed E-state index contributed by atoms with van der Waals surface area (Å²) in [5, 5.41) is 2.27. The fraction of sp³-hybridized carbons (Fsp3) is 0.174. The van der Waals surface area contributed by atoms with Crippen LogP contribution < -0.4 is 14.5 Å². The third kappa shape index (κ3) is 5.28. The second-order valence-corrected chi connectivity index (χ2v) is 9.38. The van der Waals surface area contributed by atoms with Crippen molar-refractivity contribution in [3.8, 4) is 0 Å². The summed E-state index contributed by atoms with van der Waals surface area (Å²) in [7, 11) is 0.739. The summed E-state index contributed by atoms with van der Waals surface area (Å²) in [4.78, 5) is 14.0. The van der Waals surface area contributed by atoms with Gasteiger partial charge in [0.2, 0.25) is 0 Å². The first kappa shape index (κ1) is 24.1. The lowest BCUT2D eigenvalue weighted by Gasteiger charge is -2.20. The molecule has 10 heteroatoms. The van der Waals surface area contributed by atoms with Gasteiger partial charge in [-0.2, -0.15) is 13.2 Å². The van der Waals surface area contributed by atoms with E-state index < -0.39 is 33.4 Å². The SMILES string of the molecule is CN(C)c1ccc(NC(=O)c2ccc(S(=O)(=O)N(C)c3ccccc3)cc2)c(C(F)(F)F)c1. The maximum atomic E-state index is 13.5. The number of para-hydroxylation sites is 1. The Morgan fingerprint density at radius 1 is 0.848 bits per heavy atom. The molecule has 174 valence electrons. The molecule has 0 bridgehead atoms. The minimum atomic E-state index is -4.67. The molecular weight excluding hydrogens is 455 g/mol. The third-order valence-corrected chi connectivity index (χ3v) is 6.77. The largest absolute Gasteiger partial charge is 0.418 e. The van der Waals surface area contributed by atoms with Crippen LogP contribution >= 0.6 is 0 Å². The van der Waals surface area contributed by atoms with Crippen molar-refractivity contribution < 1.29 is 26.4 Å². The second-order valence-electron chi connectivity index (χ2n) is 7.41. The number of carbonyl (C=O) groups is 1. The quantitative estimate of drug-likeness (QED) is 0.551. The van der Waals surface area contributed by atoms with Crippen molar-refractivity contribution in [2.45, 2.75) is 11.1 Å². The molecule has 1 N–H and O–H groups in total. The molecule has 0 aromatic heterocycles. The molecule has 0 unspecified atom stereocenters. The molecular formula is C23H22F3N3O3S. The standard InChI is InChI=1S/C23H22F3N3O3S/c1-28(2)18-11-14-21(20(15-18)23(24,25)26)27-22(30)16-9-12-19(13-10-16)33(31,32)29(3)17-7-5-4-6-8-17/h4-15H,1-3H3,(H,27,30). The number of carbonyl (C=O) groups excluding carboxylic acids is 1. The lowest BCUT2D eigenvalue weighted by Crippen LogP contribution is -2.26. The number of halogens is 3. The number of alkyl halides is 3. The normalized spacial score (nSPS) is 11.7. The molecule has 0 aliphatic carbocycles. The molecule has 33 heavy (non-hydrogen) atoms. The van der Waals surface area contributed by atoms with Crippen molar-refractivity contribution in [2.75, 3.05) is 35.7 Å². The molecule has 0 heterocycles. The van der Waals surface area contributed by atoms with Crippen molar-refractivity contribution >= 4 is 33.0 Å². The number of hydrogen-bond donors (Lipinski definition) is 1. The smallest absolute Gasteiger partial charge is 0.378 e. The Kier molecular flexibility index (Phi) is 6.68. The highest BCUT2D eigenvalue weighted by Crippen LogP contribution is 2.37. The van der Waals surface area contributed by atoms with Gasteiger partial charge in [0, 0.05) is 32.4 Å². The lowest BCUT2D eigenvalue weighted by molar-refractivity contribution is -0.136. The number of hydrogen-bond acceptors (Lipinski definition) is 4. The molecule has 1 amide bonds. The maximum Gasteiger partial charge on any atom is 0.418 e. The Labute approximate surface area is 190 Å². The Hall–Kier alpha value is -3.53. The van der Waals surface area contributed by atoms with Crippen molar-refractivity contribution in [2.24, 2.45) is 0 Å². The molecule has 3 aromatic rings. The van der Waals surface area contributed by atoms with Crippen LogP contribution in [0.25, 0.3) is 0 Å². The fourth-order valence-electron chi connectivity index (χ4n) is 3.06. The summed E-state index contributed by atoms with van der Waals surface area (Å²) in [6.45, 7) is 0. The van der Waals surface area contributed by atoms with Gasteiger partial charge in [-0.05, 0) is 54.6 Å². The van der Waals surface area contributed by atoms with Crippen molar-refractivity contribution in [3.05, 3.63) is 83.9 Å². The summed E-state index contributed by atoms with van der Waals surface area (Å²) in [5.74, 6) is -0.793. The van der Waals surface area contributed by atoms with Gasteiger partial charge in [0.25, 0.3) is 15.9 Å². The van der Waals surface area contributed by atoms with Crippen LogP contribution in [0.3, 0.4) is 0 Å². The second kappa shape index (κ2) is 9.14. The first-order chi connectivity index (χ1) is 15.4. The van der Waals surface area contributed by atoms with Gasteiger partial charge in [0.05, 0.1) is 21.8 Å². The highest BCUT2D eigenvalue weighted by atomic mass is 32.2. The van der Waals surface area contributed by atoms with Crippen LogP contribution in [-0.4, -0.2) is 35.5 Å². The number of nitrogens with zero attached hydrogens (tertiary/aromatic N) is 2. The highest BCUT2D eigenvalue weighted by molar-refractivity contribution is 7.92. The van der Waals surface area contributed by atoms with Crippen LogP contribution in [0.2, 0.25) is 0 Å². The van der Waals surface area contributed by atoms with Crippen molar-refractivity contribution in [3.63, 3.8) is 0 Å². The van der Waals surface area contributed by atoms with Crippen LogP contribution in [0.5, 0.6) is 0 Å². The first-order valence-corrected chi connectivity index (χ1v) is 11.2. The number of anilines is 3. The predicted molar refractivity (Wildman–Crippen MR) is 122 cm³/mol. The zero-order valence-corrected chi connectivity index (χ0v) is 18.9. The van der Waals surface area contributed by atoms with Gasteiger partial charge in [-0.1, -0.05) is 18.2 Å². The van der Waals surface area contributed by atoms with Gasteiger partial charge in [-0.15, -0.1) is 0 Å². The van der Waals surface area contributed by atoms with E-state index >= 15 is 0 Å². The van der Waals surface area contributed by atoms with E-state index in [-0.39, 0.29) is 10.5 Å². The minimum Gasteiger partial charge on any atom is -0.378 e. The van der Waals surface area contributed by atoms with Gasteiger partial charge in [-0.25, -0.2) is 8.42 Å². The Morgan fingerprint density at radius 3 is 2.00 bits per heavy atom. The third-order valence-electron chi connectivity index (χ3n) is 4.97. The predicted octanol–water partition coefficient (Wildman–Crippen LogP) is 4.85. The molecule has 6 nitrogen and oxygen atoms in total. The summed E-state index contributed by atoms with van der Waals surface area (Å²) in [5.41, 5.74) is -0.567. The van der Waals surface area contributed by atoms with Crippen LogP contribution in [0, 0.1) is 0 Å². The average molecular weight is 478 g/mol. The van der Waals surface area contributed by atoms with E-state index in [1.165, 1.54) is 48.3 Å². The van der Waals surface area contributed by atoms with Crippen LogP contribution in [0.1, 0.15) is 15.9 Å². The van der Waals surface area contributed by atoms with E-state index in [2.05, 4.69) is 5.32 Å². The van der Waals surface area contributed by atoms with Crippen LogP contribution in [0.15, 0.2) is 77.7 Å². The van der Waals surface area contributed by atoms with E-state index in [9.17, 15) is 26.4 Å². The van der Waals surface area contributed by atoms with Gasteiger partial charge in [0.15, 0.2) is 0 Å². The highest BCUT2D eigenvalue weighted by Gasteiger charge is 2.34. The zero-order valence-electron chi connectivity index (χ0n) is 18.1. The summed E-state index contributed by atoms with van der Waals surface area (Å²) < 4.78 is 67.3. The molecule has 3 aromatic carbocycles. The van der Waals surface area contributed by atoms with E-state index in [0.717, 1.165) is 10.4 Å². The van der Waals surface area contributed by atoms with E-state index in [1.54, 1.807) is 44.4 Å². The van der Waals surface area contributed by atoms with Gasteiger partial charge in [0.1, 0.15) is 0 Å². The maximum absolute atomic E-state index is 13.5. The number of amides is 1. The Balaban J connectivity index is 1.84. The summed E-state index contributed by atoms with van der Waals surface area (Å²) >= 11 is 0. The van der Waals surface area contributed by atoms with Gasteiger partial charge >= 0.3 is 6.18 Å². The molecule has 0 spiro atoms. The monoisotopic (exact) mass is 477 g/mol. The van der Waals surface area contributed by atoms with Gasteiger partial charge in [-0.3, -0.25) is 9.10 Å². The van der Waals surface area contributed by atoms with Crippen molar-refractivity contribution in [1.82, 2.24) is 0 Å². The Bertz CT molecular complexity index is 1240. The number of benzene rings is 3. The van der Waals surface area contributed by atoms with Crippen LogP contribution in [-0.2, 0) is 16.2 Å². The Morgan fingerprint density at radius 2 is 1.45 bits per heavy atom. The molecule has 3 rings (SSSR count). The van der Waals surface area contributed by atoms with Crippen LogP contribution in [0.4, 0.5) is 30.2 Å². The fourth-order valence-corrected chi connectivity index (χ4v) is 4.26. The molecule has 0 aliphatic rings. The lowest BCUT2D eigenvalue weighted by atomic mass is 10.1. The molecule has 0 saturated carbocycles. The van der Waals surface area contributed by atoms with Gasteiger partial charge < -0.3 is 10.2 Å². The number of sulfonamides is 1. The summed E-state index contributed by atoms with van der Waals surface area (Å²) in [6.07, 6.45) is -4.67. The molecule has 0 saturated heterocycles. The molecule has 0 fully saturated rings. The van der Waals surface area contributed by atoms with Crippen molar-refractivity contribution in [1.29, 1.82) is 0 Å². The van der Waals surface area contributed by atoms with E-state index in [0.29, 0.717) is 11.4 Å². The molecule has 0 radical (unpaired) electrons. The number of nitrogens with one attached hydrogen (secondary N) is 1. The zero-order chi connectivity index (χ0) is 24.4. The number of rotatable bonds is 6. The topological polar surface area (TPSA) is 69.7 Å². The van der Waals surface area contributed by atoms with E-state index in [4.69, 9.17) is 0 Å². The minimum absolute atomic E-state index is 0.0149. The molecule has 0 atom stereocenters. The molecule has 0 aliphatic heterocycles. The average Bonchev–Trinajstić information content (AvgIpc) is 2.78.